The molecule has 1 amide bonds. The Balaban J connectivity index is 0.00000320. The van der Waals surface area contributed by atoms with Gasteiger partial charge in [-0.05, 0) is 50.7 Å². The van der Waals surface area contributed by atoms with Gasteiger partial charge in [0, 0.05) is 23.5 Å². The minimum absolute atomic E-state index is 0. The number of likely N-dealkylation sites (N-methyl/N-ethyl adjacent to an activating group) is 1. The van der Waals surface area contributed by atoms with Gasteiger partial charge in [0.2, 0.25) is 0 Å². The summed E-state index contributed by atoms with van der Waals surface area (Å²) in [5.74, 6) is 1.01. The van der Waals surface area contributed by atoms with Gasteiger partial charge in [0.1, 0.15) is 0 Å². The highest BCUT2D eigenvalue weighted by Gasteiger charge is 2.23. The number of methoxy groups -OCH3 is 2. The van der Waals surface area contributed by atoms with E-state index in [1.807, 2.05) is 32.5 Å². The van der Waals surface area contributed by atoms with Crippen molar-refractivity contribution in [1.82, 2.24) is 9.88 Å². The number of hydrogen-bond donors (Lipinski definition) is 0. The molecule has 0 bridgehead atoms. The number of thiazole rings is 1. The summed E-state index contributed by atoms with van der Waals surface area (Å²) in [6.45, 7) is 1.26. The first-order valence-corrected chi connectivity index (χ1v) is 11.1. The standard InChI is InChI=1S/C21H25N3O3S2.ClH/c1-23(2)11-12-24(20(25)14-9-10-15(26-3)16(13-14)27-4)21-22-19-17(28-5)7-6-8-18(19)29-21;/h6-10,13H,11-12H2,1-5H3;1H. The molecule has 1 heterocycles. The number of nitrogens with zero attached hydrogens (tertiary/aromatic N) is 3. The van der Waals surface area contributed by atoms with Gasteiger partial charge < -0.3 is 14.4 Å². The van der Waals surface area contributed by atoms with Gasteiger partial charge in [-0.2, -0.15) is 0 Å². The summed E-state index contributed by atoms with van der Waals surface area (Å²) in [7, 11) is 7.12. The van der Waals surface area contributed by atoms with Crippen LogP contribution >= 0.6 is 35.5 Å². The van der Waals surface area contributed by atoms with E-state index in [0.717, 1.165) is 21.7 Å². The van der Waals surface area contributed by atoms with E-state index in [1.165, 1.54) is 11.3 Å². The first kappa shape index (κ1) is 24.3. The van der Waals surface area contributed by atoms with Gasteiger partial charge in [0.05, 0.1) is 24.4 Å². The number of rotatable bonds is 8. The van der Waals surface area contributed by atoms with E-state index >= 15 is 0 Å². The Kier molecular flexibility index (Phi) is 8.78. The predicted molar refractivity (Wildman–Crippen MR) is 128 cm³/mol. The summed E-state index contributed by atoms with van der Waals surface area (Å²) in [5, 5.41) is 0.697. The van der Waals surface area contributed by atoms with E-state index in [0.29, 0.717) is 28.7 Å². The van der Waals surface area contributed by atoms with Crippen LogP contribution in [0.3, 0.4) is 0 Å². The number of carbonyl (C=O) groups is 1. The third-order valence-corrected chi connectivity index (χ3v) is 6.28. The van der Waals surface area contributed by atoms with Gasteiger partial charge in [0.25, 0.3) is 5.91 Å². The van der Waals surface area contributed by atoms with Gasteiger partial charge in [-0.15, -0.1) is 24.2 Å². The average molecular weight is 468 g/mol. The van der Waals surface area contributed by atoms with Crippen molar-refractivity contribution in [3.63, 3.8) is 0 Å². The van der Waals surface area contributed by atoms with E-state index in [9.17, 15) is 4.79 Å². The summed E-state index contributed by atoms with van der Waals surface area (Å²) in [5.41, 5.74) is 1.47. The summed E-state index contributed by atoms with van der Waals surface area (Å²) in [6, 6.07) is 11.3. The van der Waals surface area contributed by atoms with E-state index in [4.69, 9.17) is 14.5 Å². The molecule has 0 aliphatic carbocycles. The van der Waals surface area contributed by atoms with E-state index < -0.39 is 0 Å². The third kappa shape index (κ3) is 5.18. The maximum atomic E-state index is 13.4. The van der Waals surface area contributed by atoms with E-state index in [1.54, 1.807) is 49.1 Å². The molecule has 2 aromatic carbocycles. The fourth-order valence-electron chi connectivity index (χ4n) is 2.90. The van der Waals surface area contributed by atoms with Gasteiger partial charge >= 0.3 is 0 Å². The second-order valence-electron chi connectivity index (χ2n) is 6.63. The number of amides is 1. The van der Waals surface area contributed by atoms with Crippen LogP contribution in [0.15, 0.2) is 41.3 Å². The first-order valence-electron chi connectivity index (χ1n) is 9.10. The van der Waals surface area contributed by atoms with Crippen LogP contribution < -0.4 is 14.4 Å². The van der Waals surface area contributed by atoms with Crippen molar-refractivity contribution in [2.75, 3.05) is 52.6 Å². The minimum Gasteiger partial charge on any atom is -0.493 e. The van der Waals surface area contributed by atoms with Crippen molar-refractivity contribution < 1.29 is 14.3 Å². The second kappa shape index (κ2) is 10.9. The SMILES string of the molecule is COc1ccc(C(=O)N(CCN(C)C)c2nc3c(SC)cccc3s2)cc1OC.Cl. The summed E-state index contributed by atoms with van der Waals surface area (Å²) < 4.78 is 11.7. The molecule has 0 aliphatic heterocycles. The molecule has 9 heteroatoms. The average Bonchev–Trinajstić information content (AvgIpc) is 3.16. The molecule has 0 N–H and O–H groups in total. The largest absolute Gasteiger partial charge is 0.493 e. The molecule has 6 nitrogen and oxygen atoms in total. The van der Waals surface area contributed by atoms with E-state index in [2.05, 4.69) is 11.0 Å². The highest BCUT2D eigenvalue weighted by molar-refractivity contribution is 7.98. The molecule has 0 atom stereocenters. The number of halogens is 1. The van der Waals surface area contributed by atoms with Crippen LogP contribution in [-0.2, 0) is 0 Å². The van der Waals surface area contributed by atoms with Crippen LogP contribution in [0.1, 0.15) is 10.4 Å². The molecular weight excluding hydrogens is 442 g/mol. The molecule has 162 valence electrons. The molecule has 0 saturated carbocycles. The Morgan fingerprint density at radius 3 is 2.47 bits per heavy atom. The highest BCUT2D eigenvalue weighted by atomic mass is 35.5. The maximum Gasteiger partial charge on any atom is 0.260 e. The van der Waals surface area contributed by atoms with Gasteiger partial charge in [-0.25, -0.2) is 4.98 Å². The Hall–Kier alpha value is -2.00. The number of carbonyl (C=O) groups excluding carboxylic acids is 1. The monoisotopic (exact) mass is 467 g/mol. The number of fused-ring (bicyclic) bond motifs is 1. The Morgan fingerprint density at radius 1 is 1.10 bits per heavy atom. The van der Waals surface area contributed by atoms with Crippen molar-refractivity contribution in [3.8, 4) is 11.5 Å². The number of benzene rings is 2. The number of hydrogen-bond acceptors (Lipinski definition) is 7. The van der Waals surface area contributed by atoms with E-state index in [-0.39, 0.29) is 18.3 Å². The zero-order chi connectivity index (χ0) is 21.0. The zero-order valence-electron chi connectivity index (χ0n) is 17.7. The lowest BCUT2D eigenvalue weighted by Crippen LogP contribution is -2.36. The number of aromatic nitrogens is 1. The zero-order valence-corrected chi connectivity index (χ0v) is 20.1. The molecule has 3 aromatic rings. The summed E-state index contributed by atoms with van der Waals surface area (Å²) in [4.78, 5) is 23.1. The van der Waals surface area contributed by atoms with Crippen molar-refractivity contribution in [3.05, 3.63) is 42.0 Å². The molecule has 0 saturated heterocycles. The van der Waals surface area contributed by atoms with Crippen LogP contribution in [0.2, 0.25) is 0 Å². The number of thioether (sulfide) groups is 1. The Bertz CT molecular complexity index is 1010. The van der Waals surface area contributed by atoms with Crippen LogP contribution in [0.25, 0.3) is 10.2 Å². The second-order valence-corrected chi connectivity index (χ2v) is 8.49. The Morgan fingerprint density at radius 2 is 1.83 bits per heavy atom. The topological polar surface area (TPSA) is 54.9 Å². The maximum absolute atomic E-state index is 13.4. The van der Waals surface area contributed by atoms with Gasteiger partial charge in [0.15, 0.2) is 16.6 Å². The fraction of sp³-hybridized carbons (Fsp3) is 0.333. The lowest BCUT2D eigenvalue weighted by atomic mass is 10.1. The van der Waals surface area contributed by atoms with Crippen molar-refractivity contribution in [2.45, 2.75) is 4.90 Å². The fourth-order valence-corrected chi connectivity index (χ4v) is 4.55. The highest BCUT2D eigenvalue weighted by Crippen LogP contribution is 2.35. The van der Waals surface area contributed by atoms with Crippen LogP contribution in [0, 0.1) is 0 Å². The quantitative estimate of drug-likeness (QED) is 0.449. The van der Waals surface area contributed by atoms with Gasteiger partial charge in [-0.3, -0.25) is 9.69 Å². The smallest absolute Gasteiger partial charge is 0.260 e. The molecular formula is C21H26ClN3O3S2. The lowest BCUT2D eigenvalue weighted by Gasteiger charge is -2.22. The minimum atomic E-state index is -0.113. The predicted octanol–water partition coefficient (Wildman–Crippen LogP) is 4.67. The molecule has 0 spiro atoms. The molecule has 0 radical (unpaired) electrons. The van der Waals surface area contributed by atoms with Crippen LogP contribution in [0.4, 0.5) is 5.13 Å². The first-order chi connectivity index (χ1) is 14.0. The van der Waals surface area contributed by atoms with Crippen molar-refractivity contribution >= 4 is 56.8 Å². The van der Waals surface area contributed by atoms with Crippen molar-refractivity contribution in [1.29, 1.82) is 0 Å². The number of ether oxygens (including phenoxy) is 2. The van der Waals surface area contributed by atoms with Crippen LogP contribution in [-0.4, -0.2) is 63.5 Å². The van der Waals surface area contributed by atoms with Crippen LogP contribution in [0.5, 0.6) is 11.5 Å². The normalized spacial score (nSPS) is 10.7. The number of anilines is 1. The molecule has 1 aromatic heterocycles. The number of para-hydroxylation sites is 1. The molecule has 3 rings (SSSR count). The van der Waals surface area contributed by atoms with Gasteiger partial charge in [-0.1, -0.05) is 17.4 Å². The molecule has 0 fully saturated rings. The molecule has 0 aliphatic rings. The third-order valence-electron chi connectivity index (χ3n) is 4.47. The summed E-state index contributed by atoms with van der Waals surface area (Å²) >= 11 is 3.19. The van der Waals surface area contributed by atoms with Crippen molar-refractivity contribution in [2.24, 2.45) is 0 Å². The Labute approximate surface area is 191 Å². The summed E-state index contributed by atoms with van der Waals surface area (Å²) in [6.07, 6.45) is 2.03. The lowest BCUT2D eigenvalue weighted by molar-refractivity contribution is 0.0985. The molecule has 30 heavy (non-hydrogen) atoms. The molecule has 0 unspecified atom stereocenters.